The van der Waals surface area contributed by atoms with E-state index in [0.717, 1.165) is 0 Å². The van der Waals surface area contributed by atoms with Crippen LogP contribution in [0.3, 0.4) is 0 Å². The van der Waals surface area contributed by atoms with Gasteiger partial charge in [-0.15, -0.1) is 0 Å². The number of nitrogen functional groups attached to an aromatic ring is 2. The number of anilines is 2. The lowest BCUT2D eigenvalue weighted by atomic mass is 10.3. The number of hydrogen-bond donors (Lipinski definition) is 3. The van der Waals surface area contributed by atoms with Crippen LogP contribution >= 0.6 is 0 Å². The van der Waals surface area contributed by atoms with Crippen LogP contribution in [0.4, 0.5) is 11.4 Å². The quantitative estimate of drug-likeness (QED) is 0.240. The lowest BCUT2D eigenvalue weighted by molar-refractivity contribution is 0.0828. The fourth-order valence-corrected chi connectivity index (χ4v) is 14.2. The van der Waals surface area contributed by atoms with Crippen molar-refractivity contribution in [3.63, 3.8) is 0 Å². The third-order valence-corrected chi connectivity index (χ3v) is 15.6. The second-order valence-electron chi connectivity index (χ2n) is 7.16. The van der Waals surface area contributed by atoms with Gasteiger partial charge in [-0.1, -0.05) is 24.3 Å². The van der Waals surface area contributed by atoms with Gasteiger partial charge in [0, 0.05) is 63.3 Å². The van der Waals surface area contributed by atoms with Crippen LogP contribution in [0.5, 0.6) is 0 Å². The minimum atomic E-state index is -3.56. The van der Waals surface area contributed by atoms with E-state index in [1.54, 1.807) is 24.3 Å². The molecule has 0 spiro atoms. The Kier molecular flexibility index (Phi) is 10.2. The van der Waals surface area contributed by atoms with Crippen molar-refractivity contribution >= 4 is 48.2 Å². The van der Waals surface area contributed by atoms with Crippen LogP contribution in [0.15, 0.2) is 48.5 Å². The molecule has 0 bridgehead atoms. The predicted molar refractivity (Wildman–Crippen MR) is 134 cm³/mol. The minimum Gasteiger partial charge on any atom is -0.399 e. The van der Waals surface area contributed by atoms with Gasteiger partial charge in [0.2, 0.25) is 0 Å². The summed E-state index contributed by atoms with van der Waals surface area (Å²) in [4.78, 5) is 0. The summed E-state index contributed by atoms with van der Waals surface area (Å²) in [6.07, 6.45) is 0.583. The van der Waals surface area contributed by atoms with Gasteiger partial charge in [0.25, 0.3) is 0 Å². The summed E-state index contributed by atoms with van der Waals surface area (Å²) in [7, 11) is -2.87. The maximum Gasteiger partial charge on any atom is 0.529 e. The van der Waals surface area contributed by atoms with E-state index in [9.17, 15) is 0 Å². The zero-order chi connectivity index (χ0) is 24.5. The molecule has 6 N–H and O–H groups in total. The van der Waals surface area contributed by atoms with E-state index >= 15 is 0 Å². The Hall–Kier alpha value is -1.63. The molecule has 0 radical (unpaired) electrons. The summed E-state index contributed by atoms with van der Waals surface area (Å²) < 4.78 is 42.8. The Morgan fingerprint density at radius 1 is 0.606 bits per heavy atom. The maximum atomic E-state index is 6.65. The second kappa shape index (κ2) is 12.2. The molecule has 13 heteroatoms. The molecule has 2 aromatic carbocycles. The monoisotopic (exact) mass is 513 g/mol. The highest BCUT2D eigenvalue weighted by Crippen LogP contribution is 2.28. The van der Waals surface area contributed by atoms with Gasteiger partial charge in [-0.05, 0) is 37.2 Å². The summed E-state index contributed by atoms with van der Waals surface area (Å²) in [5.41, 5.74) is 18.8. The van der Waals surface area contributed by atoms with Crippen molar-refractivity contribution < 1.29 is 30.4 Å². The van der Waals surface area contributed by atoms with Crippen molar-refractivity contribution in [2.75, 3.05) is 53.6 Å². The smallest absolute Gasteiger partial charge is 0.399 e. The van der Waals surface area contributed by atoms with Crippen LogP contribution in [-0.2, 0) is 30.4 Å². The Bertz CT molecular complexity index is 787. The largest absolute Gasteiger partial charge is 0.529 e. The molecule has 10 nitrogen and oxygen atoms in total. The zero-order valence-electron chi connectivity index (χ0n) is 19.8. The molecule has 0 amide bonds. The molecule has 0 heterocycles. The summed E-state index contributed by atoms with van der Waals surface area (Å²) in [6.45, 7) is 0.414. The molecule has 2 aromatic rings. The molecular weight excluding hydrogens is 478 g/mol. The second-order valence-corrected chi connectivity index (χ2v) is 16.1. The molecular formula is C20H35N3O7Si3. The Morgan fingerprint density at radius 2 is 0.970 bits per heavy atom. The van der Waals surface area contributed by atoms with Crippen LogP contribution in [0, 0.1) is 0 Å². The van der Waals surface area contributed by atoms with Gasteiger partial charge >= 0.3 is 26.4 Å². The molecule has 0 unspecified atom stereocenters. The highest BCUT2D eigenvalue weighted by atomic mass is 28.5. The first kappa shape index (κ1) is 27.6. The highest BCUT2D eigenvalue weighted by molar-refractivity contribution is 6.88. The van der Waals surface area contributed by atoms with Crippen LogP contribution in [-0.4, -0.2) is 68.5 Å². The van der Waals surface area contributed by atoms with E-state index < -0.39 is 26.4 Å². The van der Waals surface area contributed by atoms with Crippen molar-refractivity contribution in [2.24, 2.45) is 5.73 Å². The van der Waals surface area contributed by atoms with Gasteiger partial charge in [-0.2, -0.15) is 0 Å². The molecule has 0 aliphatic rings. The number of nitrogens with two attached hydrogens (primary N) is 3. The fourth-order valence-electron chi connectivity index (χ4n) is 3.33. The molecule has 0 aromatic heterocycles. The van der Waals surface area contributed by atoms with Crippen LogP contribution in [0.1, 0.15) is 6.42 Å². The molecule has 33 heavy (non-hydrogen) atoms. The van der Waals surface area contributed by atoms with Crippen LogP contribution in [0.25, 0.3) is 0 Å². The number of benzene rings is 2. The lowest BCUT2D eigenvalue weighted by Crippen LogP contribution is -2.69. The Balaban J connectivity index is 2.57. The maximum absolute atomic E-state index is 6.65. The minimum absolute atomic E-state index is 0.396. The summed E-state index contributed by atoms with van der Waals surface area (Å²) in [5, 5.41) is 1.42. The van der Waals surface area contributed by atoms with Gasteiger partial charge in [0.05, 0.1) is 0 Å². The van der Waals surface area contributed by atoms with E-state index in [0.29, 0.717) is 40.8 Å². The SMILES string of the molecule is CO[Si](CCCN)(O[Si](OC)(OC)c1ccc(N)cc1)O[Si](OC)(OC)c1ccc(N)cc1. The average molecular weight is 514 g/mol. The van der Waals surface area contributed by atoms with E-state index in [2.05, 4.69) is 0 Å². The van der Waals surface area contributed by atoms with Crippen molar-refractivity contribution in [1.29, 1.82) is 0 Å². The summed E-state index contributed by atoms with van der Waals surface area (Å²) in [5.74, 6) is 0. The summed E-state index contributed by atoms with van der Waals surface area (Å²) >= 11 is 0. The lowest BCUT2D eigenvalue weighted by Gasteiger charge is -2.40. The predicted octanol–water partition coefficient (Wildman–Crippen LogP) is 0.396. The molecule has 0 saturated heterocycles. The molecule has 2 rings (SSSR count). The van der Waals surface area contributed by atoms with Gasteiger partial charge in [0.1, 0.15) is 0 Å². The zero-order valence-corrected chi connectivity index (χ0v) is 22.8. The highest BCUT2D eigenvalue weighted by Gasteiger charge is 2.59. The molecule has 184 valence electrons. The van der Waals surface area contributed by atoms with Crippen molar-refractivity contribution in [3.05, 3.63) is 48.5 Å². The molecule has 0 saturated carbocycles. The van der Waals surface area contributed by atoms with Gasteiger partial charge < -0.3 is 47.6 Å². The first-order valence-corrected chi connectivity index (χ1v) is 15.7. The Morgan fingerprint density at radius 3 is 1.24 bits per heavy atom. The van der Waals surface area contributed by atoms with Crippen molar-refractivity contribution in [1.82, 2.24) is 0 Å². The number of hydrogen-bond acceptors (Lipinski definition) is 10. The normalized spacial score (nSPS) is 12.8. The van der Waals surface area contributed by atoms with E-state index in [-0.39, 0.29) is 0 Å². The summed E-state index contributed by atoms with van der Waals surface area (Å²) in [6, 6.07) is 14.7. The van der Waals surface area contributed by atoms with Crippen molar-refractivity contribution in [3.8, 4) is 0 Å². The molecule has 0 fully saturated rings. The first-order valence-electron chi connectivity index (χ1n) is 10.4. The van der Waals surface area contributed by atoms with Gasteiger partial charge in [-0.25, -0.2) is 0 Å². The first-order chi connectivity index (χ1) is 15.8. The van der Waals surface area contributed by atoms with E-state index in [1.807, 2.05) is 24.3 Å². The van der Waals surface area contributed by atoms with Gasteiger partial charge in [-0.3, -0.25) is 0 Å². The van der Waals surface area contributed by atoms with Crippen LogP contribution < -0.4 is 27.6 Å². The molecule has 0 atom stereocenters. The van der Waals surface area contributed by atoms with Crippen LogP contribution in [0.2, 0.25) is 6.04 Å². The average Bonchev–Trinajstić information content (AvgIpc) is 2.85. The molecule has 0 aliphatic carbocycles. The third-order valence-electron chi connectivity index (χ3n) is 5.18. The van der Waals surface area contributed by atoms with E-state index in [4.69, 9.17) is 47.6 Å². The molecule has 0 aliphatic heterocycles. The van der Waals surface area contributed by atoms with Gasteiger partial charge in [0.15, 0.2) is 0 Å². The standard InChI is InChI=1S/C20H35N3O7Si3/c1-24-31(16-6-15-21,29-32(25-2,26-3)19-11-7-17(22)8-12-19)30-33(27-4,28-5)20-13-9-18(23)10-14-20/h7-14H,6,15-16,21-23H2,1-5H3. The number of rotatable bonds is 14. The van der Waals surface area contributed by atoms with Crippen molar-refractivity contribution in [2.45, 2.75) is 12.5 Å². The fraction of sp³-hybridized carbons (Fsp3) is 0.400. The topological polar surface area (TPSA) is 143 Å². The Labute approximate surface area is 198 Å². The van der Waals surface area contributed by atoms with E-state index in [1.165, 1.54) is 35.5 Å². The third kappa shape index (κ3) is 6.28.